The number of nitrogens with zero attached hydrogens (tertiary/aromatic N) is 2. The molecule has 7 heteroatoms. The molecule has 0 radical (unpaired) electrons. The average molecular weight is 335 g/mol. The normalized spacial score (nSPS) is 17.6. The van der Waals surface area contributed by atoms with Gasteiger partial charge in [-0.15, -0.1) is 0 Å². The van der Waals surface area contributed by atoms with Gasteiger partial charge in [0.15, 0.2) is 0 Å². The Balaban J connectivity index is 2.19. The van der Waals surface area contributed by atoms with E-state index in [1.165, 1.54) is 6.07 Å². The summed E-state index contributed by atoms with van der Waals surface area (Å²) >= 11 is 0. The third-order valence-electron chi connectivity index (χ3n) is 4.02. The third kappa shape index (κ3) is 4.67. The summed E-state index contributed by atoms with van der Waals surface area (Å²) < 4.78 is 5.70. The van der Waals surface area contributed by atoms with Crippen LogP contribution in [0.2, 0.25) is 0 Å². The maximum absolute atomic E-state index is 12.1. The number of carbonyl (C=O) groups is 1. The maximum Gasteiger partial charge on any atom is 0.293 e. The second-order valence-electron chi connectivity index (χ2n) is 6.46. The summed E-state index contributed by atoms with van der Waals surface area (Å²) in [5.74, 6) is -0.307. The topological polar surface area (TPSA) is 84.7 Å². The molecule has 132 valence electrons. The standard InChI is InChI=1S/C17H25N3O4/c1-12(2)18-17(21)13-7-8-15(16(10-13)20(22)23)19(3)11-14-6-4-5-9-24-14/h7-8,10,12,14H,4-6,9,11H2,1-3H3,(H,18,21). The van der Waals surface area contributed by atoms with Gasteiger partial charge in [-0.25, -0.2) is 0 Å². The molecule has 0 saturated carbocycles. The van der Waals surface area contributed by atoms with Gasteiger partial charge >= 0.3 is 0 Å². The molecule has 1 saturated heterocycles. The van der Waals surface area contributed by atoms with Gasteiger partial charge in [-0.2, -0.15) is 0 Å². The number of anilines is 1. The SMILES string of the molecule is CC(C)NC(=O)c1ccc(N(C)CC2CCCCO2)c([N+](=O)[O-])c1. The molecule has 1 heterocycles. The molecule has 1 aliphatic rings. The van der Waals surface area contributed by atoms with Crippen molar-refractivity contribution >= 4 is 17.3 Å². The van der Waals surface area contributed by atoms with Crippen molar-refractivity contribution in [2.45, 2.75) is 45.3 Å². The first-order valence-corrected chi connectivity index (χ1v) is 8.30. The van der Waals surface area contributed by atoms with Crippen LogP contribution in [0.4, 0.5) is 11.4 Å². The second kappa shape index (κ2) is 8.10. The number of nitro groups is 1. The Hall–Kier alpha value is -2.15. The van der Waals surface area contributed by atoms with Crippen LogP contribution in [0.3, 0.4) is 0 Å². The van der Waals surface area contributed by atoms with Gasteiger partial charge in [0, 0.05) is 37.9 Å². The Morgan fingerprint density at radius 1 is 1.46 bits per heavy atom. The minimum absolute atomic E-state index is 0.0256. The highest BCUT2D eigenvalue weighted by Gasteiger charge is 2.23. The molecule has 1 atom stereocenters. The van der Waals surface area contributed by atoms with Gasteiger partial charge < -0.3 is 15.0 Å². The molecule has 1 fully saturated rings. The molecular formula is C17H25N3O4. The highest BCUT2D eigenvalue weighted by atomic mass is 16.6. The largest absolute Gasteiger partial charge is 0.376 e. The van der Waals surface area contributed by atoms with Gasteiger partial charge in [-0.05, 0) is 45.2 Å². The second-order valence-corrected chi connectivity index (χ2v) is 6.46. The molecule has 1 aromatic rings. The van der Waals surface area contributed by atoms with Crippen LogP contribution in [-0.2, 0) is 4.74 Å². The number of likely N-dealkylation sites (N-methyl/N-ethyl adjacent to an activating group) is 1. The first kappa shape index (κ1) is 18.2. The minimum Gasteiger partial charge on any atom is -0.376 e. The highest BCUT2D eigenvalue weighted by Crippen LogP contribution is 2.29. The van der Waals surface area contributed by atoms with E-state index in [1.54, 1.807) is 12.1 Å². The van der Waals surface area contributed by atoms with Crippen LogP contribution >= 0.6 is 0 Å². The van der Waals surface area contributed by atoms with Crippen LogP contribution in [0.5, 0.6) is 0 Å². The van der Waals surface area contributed by atoms with Crippen molar-refractivity contribution in [3.05, 3.63) is 33.9 Å². The lowest BCUT2D eigenvalue weighted by Gasteiger charge is -2.28. The van der Waals surface area contributed by atoms with Crippen molar-refractivity contribution < 1.29 is 14.5 Å². The number of benzene rings is 1. The Morgan fingerprint density at radius 2 is 2.21 bits per heavy atom. The van der Waals surface area contributed by atoms with E-state index in [-0.39, 0.29) is 23.7 Å². The molecule has 0 bridgehead atoms. The molecule has 0 aliphatic carbocycles. The fourth-order valence-corrected chi connectivity index (χ4v) is 2.83. The molecule has 0 spiro atoms. The lowest BCUT2D eigenvalue weighted by Crippen LogP contribution is -2.34. The molecule has 0 aromatic heterocycles. The number of carbonyl (C=O) groups excluding carboxylic acids is 1. The summed E-state index contributed by atoms with van der Waals surface area (Å²) in [5.41, 5.74) is 0.724. The van der Waals surface area contributed by atoms with E-state index >= 15 is 0 Å². The number of nitro benzene ring substituents is 1. The van der Waals surface area contributed by atoms with E-state index in [2.05, 4.69) is 5.32 Å². The van der Waals surface area contributed by atoms with Crippen LogP contribution in [0, 0.1) is 10.1 Å². The van der Waals surface area contributed by atoms with Gasteiger partial charge in [0.05, 0.1) is 11.0 Å². The fraction of sp³-hybridized carbons (Fsp3) is 0.588. The number of hydrogen-bond acceptors (Lipinski definition) is 5. The third-order valence-corrected chi connectivity index (χ3v) is 4.02. The zero-order valence-electron chi connectivity index (χ0n) is 14.4. The first-order chi connectivity index (χ1) is 11.4. The van der Waals surface area contributed by atoms with Crippen LogP contribution in [-0.4, -0.2) is 43.2 Å². The number of ether oxygens (including phenoxy) is 1. The number of nitrogens with one attached hydrogen (secondary N) is 1. The maximum atomic E-state index is 12.1. The quantitative estimate of drug-likeness (QED) is 0.638. The zero-order valence-corrected chi connectivity index (χ0v) is 14.4. The summed E-state index contributed by atoms with van der Waals surface area (Å²) in [6, 6.07) is 4.57. The predicted octanol–water partition coefficient (Wildman–Crippen LogP) is 2.74. The van der Waals surface area contributed by atoms with Gasteiger partial charge in [-0.1, -0.05) is 0 Å². The number of hydrogen-bond donors (Lipinski definition) is 1. The lowest BCUT2D eigenvalue weighted by atomic mass is 10.1. The van der Waals surface area contributed by atoms with Crippen molar-refractivity contribution in [2.75, 3.05) is 25.1 Å². The van der Waals surface area contributed by atoms with E-state index in [4.69, 9.17) is 4.74 Å². The predicted molar refractivity (Wildman–Crippen MR) is 92.6 cm³/mol. The van der Waals surface area contributed by atoms with Gasteiger partial charge in [-0.3, -0.25) is 14.9 Å². The van der Waals surface area contributed by atoms with E-state index in [1.807, 2.05) is 25.8 Å². The van der Waals surface area contributed by atoms with Gasteiger partial charge in [0.25, 0.3) is 11.6 Å². The molecule has 1 N–H and O–H groups in total. The fourth-order valence-electron chi connectivity index (χ4n) is 2.83. The van der Waals surface area contributed by atoms with Crippen LogP contribution in [0.1, 0.15) is 43.5 Å². The van der Waals surface area contributed by atoms with Crippen molar-refractivity contribution in [3.63, 3.8) is 0 Å². The summed E-state index contributed by atoms with van der Waals surface area (Å²) in [6.45, 7) is 5.03. The zero-order chi connectivity index (χ0) is 17.7. The number of rotatable bonds is 6. The minimum atomic E-state index is -0.445. The van der Waals surface area contributed by atoms with Crippen LogP contribution in [0.15, 0.2) is 18.2 Å². The Labute approximate surface area is 142 Å². The smallest absolute Gasteiger partial charge is 0.293 e. The van der Waals surface area contributed by atoms with Crippen molar-refractivity contribution in [1.29, 1.82) is 0 Å². The Bertz CT molecular complexity index is 597. The van der Waals surface area contributed by atoms with E-state index in [0.29, 0.717) is 17.8 Å². The summed E-state index contributed by atoms with van der Waals surface area (Å²) in [6.07, 6.45) is 3.24. The summed E-state index contributed by atoms with van der Waals surface area (Å²) in [4.78, 5) is 24.9. The van der Waals surface area contributed by atoms with Gasteiger partial charge in [0.1, 0.15) is 5.69 Å². The average Bonchev–Trinajstić information content (AvgIpc) is 2.54. The molecule has 1 aliphatic heterocycles. The van der Waals surface area contributed by atoms with Crippen LogP contribution in [0.25, 0.3) is 0 Å². The van der Waals surface area contributed by atoms with Crippen molar-refractivity contribution in [2.24, 2.45) is 0 Å². The van der Waals surface area contributed by atoms with Gasteiger partial charge in [0.2, 0.25) is 0 Å². The number of amides is 1. The monoisotopic (exact) mass is 335 g/mol. The molecule has 1 amide bonds. The van der Waals surface area contributed by atoms with Crippen molar-refractivity contribution in [1.82, 2.24) is 5.32 Å². The van der Waals surface area contributed by atoms with E-state index < -0.39 is 4.92 Å². The molecule has 2 rings (SSSR count). The molecule has 1 unspecified atom stereocenters. The molecule has 24 heavy (non-hydrogen) atoms. The van der Waals surface area contributed by atoms with E-state index in [9.17, 15) is 14.9 Å². The molecule has 7 nitrogen and oxygen atoms in total. The Morgan fingerprint density at radius 3 is 2.79 bits per heavy atom. The van der Waals surface area contributed by atoms with E-state index in [0.717, 1.165) is 25.9 Å². The highest BCUT2D eigenvalue weighted by molar-refractivity contribution is 5.95. The summed E-state index contributed by atoms with van der Waals surface area (Å²) in [7, 11) is 1.81. The summed E-state index contributed by atoms with van der Waals surface area (Å²) in [5, 5.41) is 14.2. The lowest BCUT2D eigenvalue weighted by molar-refractivity contribution is -0.384. The van der Waals surface area contributed by atoms with Crippen molar-refractivity contribution in [3.8, 4) is 0 Å². The van der Waals surface area contributed by atoms with Crippen LogP contribution < -0.4 is 10.2 Å². The first-order valence-electron chi connectivity index (χ1n) is 8.30. The molecule has 1 aromatic carbocycles. The Kier molecular flexibility index (Phi) is 6.14. The molecular weight excluding hydrogens is 310 g/mol.